The van der Waals surface area contributed by atoms with E-state index >= 15 is 0 Å². The van der Waals surface area contributed by atoms with Gasteiger partial charge in [-0.3, -0.25) is 4.79 Å². The van der Waals surface area contributed by atoms with Crippen molar-refractivity contribution >= 4 is 23.3 Å². The molecule has 5 nitrogen and oxygen atoms in total. The third kappa shape index (κ3) is 3.84. The van der Waals surface area contributed by atoms with E-state index in [1.807, 2.05) is 13.8 Å². The second-order valence-corrected chi connectivity index (χ2v) is 4.90. The summed E-state index contributed by atoms with van der Waals surface area (Å²) < 4.78 is 0. The van der Waals surface area contributed by atoms with E-state index in [-0.39, 0.29) is 18.6 Å². The molecule has 0 aliphatic carbocycles. The second-order valence-electron chi connectivity index (χ2n) is 4.50. The third-order valence-corrected chi connectivity index (χ3v) is 3.60. The van der Waals surface area contributed by atoms with Crippen LogP contribution in [0.2, 0.25) is 5.02 Å². The number of carbonyl (C=O) groups excluding carboxylic acids is 1. The minimum absolute atomic E-state index is 0.0575. The van der Waals surface area contributed by atoms with E-state index in [0.29, 0.717) is 22.9 Å². The minimum Gasteiger partial charge on any atom is -0.395 e. The van der Waals surface area contributed by atoms with Gasteiger partial charge in [0.25, 0.3) is 5.91 Å². The summed E-state index contributed by atoms with van der Waals surface area (Å²) in [6, 6.07) is 1.72. The smallest absolute Gasteiger partial charge is 0.255 e. The van der Waals surface area contributed by atoms with Crippen molar-refractivity contribution in [2.75, 3.05) is 25.5 Å². The predicted molar refractivity (Wildman–Crippen MR) is 81.3 cm³/mol. The van der Waals surface area contributed by atoms with Crippen molar-refractivity contribution < 1.29 is 9.90 Å². The number of hydrogen-bond acceptors (Lipinski definition) is 4. The van der Waals surface area contributed by atoms with Crippen LogP contribution in [0.4, 0.5) is 5.82 Å². The number of anilines is 1. The van der Waals surface area contributed by atoms with Crippen molar-refractivity contribution in [3.63, 3.8) is 0 Å². The number of hydrogen-bond donors (Lipinski definition) is 2. The summed E-state index contributed by atoms with van der Waals surface area (Å²) in [5, 5.41) is 12.4. The Bertz CT molecular complexity index is 450. The first kappa shape index (κ1) is 16.7. The van der Waals surface area contributed by atoms with E-state index in [0.717, 1.165) is 12.8 Å². The van der Waals surface area contributed by atoms with Crippen molar-refractivity contribution in [3.8, 4) is 0 Å². The summed E-state index contributed by atoms with van der Waals surface area (Å²) in [6.45, 7) is 4.32. The number of aliphatic hydroxyl groups excluding tert-OH is 1. The first-order valence-corrected chi connectivity index (χ1v) is 7.21. The van der Waals surface area contributed by atoms with Crippen LogP contribution in [0.5, 0.6) is 0 Å². The molecular formula is C14H22ClN3O2. The molecular weight excluding hydrogens is 278 g/mol. The molecule has 0 atom stereocenters. The van der Waals surface area contributed by atoms with Crippen LogP contribution in [0.25, 0.3) is 0 Å². The maximum atomic E-state index is 12.5. The Balaban J connectivity index is 3.02. The molecule has 0 saturated heterocycles. The molecule has 0 aliphatic heterocycles. The van der Waals surface area contributed by atoms with E-state index in [2.05, 4.69) is 10.3 Å². The van der Waals surface area contributed by atoms with Gasteiger partial charge in [-0.25, -0.2) is 4.98 Å². The van der Waals surface area contributed by atoms with Gasteiger partial charge in [-0.15, -0.1) is 0 Å². The molecule has 1 aromatic heterocycles. The molecule has 1 amide bonds. The predicted octanol–water partition coefficient (Wildman–Crippen LogP) is 2.40. The fourth-order valence-electron chi connectivity index (χ4n) is 2.19. The van der Waals surface area contributed by atoms with Crippen LogP contribution < -0.4 is 5.32 Å². The zero-order valence-electron chi connectivity index (χ0n) is 12.2. The lowest BCUT2D eigenvalue weighted by Gasteiger charge is -2.30. The van der Waals surface area contributed by atoms with Crippen LogP contribution in [0, 0.1) is 0 Å². The molecule has 20 heavy (non-hydrogen) atoms. The van der Waals surface area contributed by atoms with E-state index < -0.39 is 0 Å². The number of nitrogens with zero attached hydrogens (tertiary/aromatic N) is 2. The highest BCUT2D eigenvalue weighted by Crippen LogP contribution is 2.21. The molecule has 2 N–H and O–H groups in total. The van der Waals surface area contributed by atoms with Gasteiger partial charge in [0.15, 0.2) is 0 Å². The monoisotopic (exact) mass is 299 g/mol. The number of halogens is 1. The number of aromatic nitrogens is 1. The number of aliphatic hydroxyl groups is 1. The molecule has 0 spiro atoms. The van der Waals surface area contributed by atoms with Crippen LogP contribution in [-0.2, 0) is 0 Å². The van der Waals surface area contributed by atoms with Gasteiger partial charge in [0.05, 0.1) is 17.2 Å². The van der Waals surface area contributed by atoms with Gasteiger partial charge < -0.3 is 15.3 Å². The lowest BCUT2D eigenvalue weighted by atomic mass is 10.1. The summed E-state index contributed by atoms with van der Waals surface area (Å²) in [7, 11) is 1.72. The van der Waals surface area contributed by atoms with Crippen molar-refractivity contribution in [3.05, 3.63) is 22.8 Å². The number of nitrogens with one attached hydrogen (secondary N) is 1. The molecule has 0 saturated carbocycles. The molecule has 0 radical (unpaired) electrons. The van der Waals surface area contributed by atoms with E-state index in [4.69, 9.17) is 16.7 Å². The SMILES string of the molecule is CCC(CC)N(CCO)C(=O)c1cnc(NC)c(Cl)c1. The number of pyridine rings is 1. The van der Waals surface area contributed by atoms with Crippen molar-refractivity contribution in [1.29, 1.82) is 0 Å². The van der Waals surface area contributed by atoms with Gasteiger partial charge in [0, 0.05) is 25.8 Å². The number of amides is 1. The highest BCUT2D eigenvalue weighted by molar-refractivity contribution is 6.33. The van der Waals surface area contributed by atoms with Crippen molar-refractivity contribution in [1.82, 2.24) is 9.88 Å². The standard InChI is InChI=1S/C14H22ClN3O2/c1-4-11(5-2)18(6-7-19)14(20)10-8-12(15)13(16-3)17-9-10/h8-9,11,19H,4-7H2,1-3H3,(H,16,17). The topological polar surface area (TPSA) is 65.5 Å². The minimum atomic E-state index is -0.148. The zero-order chi connectivity index (χ0) is 15.1. The van der Waals surface area contributed by atoms with Crippen LogP contribution in [0.1, 0.15) is 37.0 Å². The largest absolute Gasteiger partial charge is 0.395 e. The lowest BCUT2D eigenvalue weighted by Crippen LogP contribution is -2.41. The van der Waals surface area contributed by atoms with Gasteiger partial charge in [-0.1, -0.05) is 25.4 Å². The Morgan fingerprint density at radius 3 is 2.60 bits per heavy atom. The average Bonchev–Trinajstić information content (AvgIpc) is 2.46. The fourth-order valence-corrected chi connectivity index (χ4v) is 2.45. The number of rotatable bonds is 7. The highest BCUT2D eigenvalue weighted by Gasteiger charge is 2.22. The zero-order valence-corrected chi connectivity index (χ0v) is 12.9. The van der Waals surface area contributed by atoms with Crippen LogP contribution in [-0.4, -0.2) is 47.1 Å². The normalized spacial score (nSPS) is 10.7. The van der Waals surface area contributed by atoms with Gasteiger partial charge >= 0.3 is 0 Å². The van der Waals surface area contributed by atoms with Crippen molar-refractivity contribution in [2.24, 2.45) is 0 Å². The van der Waals surface area contributed by atoms with Crippen molar-refractivity contribution in [2.45, 2.75) is 32.7 Å². The maximum Gasteiger partial charge on any atom is 0.255 e. The second kappa shape index (κ2) is 8.07. The molecule has 0 aliphatic rings. The molecule has 0 unspecified atom stereocenters. The van der Waals surface area contributed by atoms with Crippen LogP contribution in [0.3, 0.4) is 0 Å². The lowest BCUT2D eigenvalue weighted by molar-refractivity contribution is 0.0622. The average molecular weight is 300 g/mol. The third-order valence-electron chi connectivity index (χ3n) is 3.31. The molecule has 1 rings (SSSR count). The van der Waals surface area contributed by atoms with Gasteiger partial charge in [0.1, 0.15) is 5.82 Å². The Morgan fingerprint density at radius 1 is 1.50 bits per heavy atom. The molecule has 1 heterocycles. The Labute approximate surface area is 125 Å². The first-order valence-electron chi connectivity index (χ1n) is 6.84. The van der Waals surface area contributed by atoms with E-state index in [1.54, 1.807) is 18.0 Å². The molecule has 112 valence electrons. The van der Waals surface area contributed by atoms with E-state index in [9.17, 15) is 4.79 Å². The van der Waals surface area contributed by atoms with Gasteiger partial charge in [-0.2, -0.15) is 0 Å². The summed E-state index contributed by atoms with van der Waals surface area (Å²) in [5.41, 5.74) is 0.439. The summed E-state index contributed by atoms with van der Waals surface area (Å²) in [6.07, 6.45) is 3.20. The molecule has 6 heteroatoms. The first-order chi connectivity index (χ1) is 9.58. The van der Waals surface area contributed by atoms with E-state index in [1.165, 1.54) is 6.20 Å². The molecule has 1 aromatic rings. The summed E-state index contributed by atoms with van der Waals surface area (Å²) >= 11 is 6.06. The Hall–Kier alpha value is -1.33. The quantitative estimate of drug-likeness (QED) is 0.811. The highest BCUT2D eigenvalue weighted by atomic mass is 35.5. The molecule has 0 bridgehead atoms. The summed E-state index contributed by atoms with van der Waals surface area (Å²) in [4.78, 5) is 18.3. The van der Waals surface area contributed by atoms with Gasteiger partial charge in [-0.05, 0) is 18.9 Å². The molecule has 0 fully saturated rings. The maximum absolute atomic E-state index is 12.5. The molecule has 0 aromatic carbocycles. The van der Waals surface area contributed by atoms with Gasteiger partial charge in [0.2, 0.25) is 0 Å². The van der Waals surface area contributed by atoms with Crippen LogP contribution >= 0.6 is 11.6 Å². The summed E-state index contributed by atoms with van der Waals surface area (Å²) in [5.74, 6) is 0.393. The fraction of sp³-hybridized carbons (Fsp3) is 0.571. The Kier molecular flexibility index (Phi) is 6.75. The number of carbonyl (C=O) groups is 1. The van der Waals surface area contributed by atoms with Crippen LogP contribution in [0.15, 0.2) is 12.3 Å². The Morgan fingerprint density at radius 2 is 2.15 bits per heavy atom.